The molecule has 3 aliphatic heterocycles. The highest BCUT2D eigenvalue weighted by Gasteiger charge is 2.56. The highest BCUT2D eigenvalue weighted by molar-refractivity contribution is 5.99. The molecule has 3 atom stereocenters. The molecular weight excluding hydrogens is 360 g/mol. The average Bonchev–Trinajstić information content (AvgIpc) is 2.87. The molecule has 5 nitrogen and oxygen atoms in total. The molecule has 0 N–H and O–H groups in total. The Bertz CT molecular complexity index is 972. The molecule has 4 heterocycles. The van der Waals surface area contributed by atoms with Crippen LogP contribution in [0.15, 0.2) is 17.5 Å². The summed E-state index contributed by atoms with van der Waals surface area (Å²) < 4.78 is 6.98. The number of hydrogen-bond donors (Lipinski definition) is 0. The smallest absolute Gasteiger partial charge is 0.202 e. The molecule has 2 saturated carbocycles. The first-order chi connectivity index (χ1) is 14.1. The third kappa shape index (κ3) is 2.59. The molecule has 4 fully saturated rings. The molecule has 5 heteroatoms. The molecule has 2 saturated heterocycles. The Hall–Kier alpha value is -2.01. The van der Waals surface area contributed by atoms with Crippen LogP contribution < -0.4 is 4.74 Å². The van der Waals surface area contributed by atoms with Crippen LogP contribution in [0.2, 0.25) is 0 Å². The van der Waals surface area contributed by atoms with Crippen LogP contribution >= 0.6 is 0 Å². The highest BCUT2D eigenvalue weighted by Crippen LogP contribution is 2.55. The maximum Gasteiger partial charge on any atom is 0.202 e. The first kappa shape index (κ1) is 19.0. The first-order valence-electron chi connectivity index (χ1n) is 11.3. The molecule has 0 radical (unpaired) electrons. The number of hydrogen-bond acceptors (Lipinski definition) is 5. The quantitative estimate of drug-likeness (QED) is 0.618. The van der Waals surface area contributed by atoms with Crippen molar-refractivity contribution in [2.75, 3.05) is 7.05 Å². The van der Waals surface area contributed by atoms with E-state index in [1.807, 2.05) is 20.0 Å². The normalized spacial score (nSPS) is 34.5. The molecule has 1 aromatic heterocycles. The number of nitrogens with zero attached hydrogens (tertiary/aromatic N) is 4. The minimum Gasteiger partial charge on any atom is -0.464 e. The number of fused-ring (bicyclic) bond motifs is 3. The lowest BCUT2D eigenvalue weighted by atomic mass is 9.67. The number of rotatable bonds is 0. The zero-order valence-corrected chi connectivity index (χ0v) is 18.3. The third-order valence-corrected chi connectivity index (χ3v) is 7.88. The van der Waals surface area contributed by atoms with Crippen molar-refractivity contribution in [3.8, 4) is 5.75 Å². The van der Waals surface area contributed by atoms with Gasteiger partial charge in [-0.2, -0.15) is 0 Å². The van der Waals surface area contributed by atoms with E-state index in [4.69, 9.17) is 9.73 Å². The van der Waals surface area contributed by atoms with Gasteiger partial charge in [-0.3, -0.25) is 9.89 Å². The molecule has 1 aromatic carbocycles. The van der Waals surface area contributed by atoms with Gasteiger partial charge in [-0.15, -0.1) is 0 Å². The SMILES string of the molecule is CC.Cc1c2c(c3cncnc3c1C)N=CC1(O2)C2CC3CC(CC(C3)N1C)C2. The summed E-state index contributed by atoms with van der Waals surface area (Å²) in [5.41, 5.74) is 3.80. The van der Waals surface area contributed by atoms with E-state index in [0.717, 1.165) is 39.7 Å². The van der Waals surface area contributed by atoms with E-state index in [0.29, 0.717) is 12.0 Å². The molecule has 2 aliphatic carbocycles. The van der Waals surface area contributed by atoms with Gasteiger partial charge in [-0.25, -0.2) is 9.97 Å². The summed E-state index contributed by atoms with van der Waals surface area (Å²) in [6.07, 6.45) is 12.2. The summed E-state index contributed by atoms with van der Waals surface area (Å²) in [6.45, 7) is 8.27. The van der Waals surface area contributed by atoms with E-state index in [-0.39, 0.29) is 0 Å². The van der Waals surface area contributed by atoms with Crippen molar-refractivity contribution >= 4 is 22.8 Å². The van der Waals surface area contributed by atoms with Gasteiger partial charge in [0.1, 0.15) is 12.0 Å². The predicted molar refractivity (Wildman–Crippen MR) is 117 cm³/mol. The summed E-state index contributed by atoms with van der Waals surface area (Å²) in [7, 11) is 2.26. The number of aryl methyl sites for hydroxylation is 1. The van der Waals surface area contributed by atoms with Crippen LogP contribution in [-0.2, 0) is 0 Å². The summed E-state index contributed by atoms with van der Waals surface area (Å²) in [4.78, 5) is 16.3. The van der Waals surface area contributed by atoms with Gasteiger partial charge >= 0.3 is 0 Å². The van der Waals surface area contributed by atoms with Crippen molar-refractivity contribution in [3.63, 3.8) is 0 Å². The van der Waals surface area contributed by atoms with Crippen LogP contribution in [0.3, 0.4) is 0 Å². The predicted octanol–water partition coefficient (Wildman–Crippen LogP) is 5.20. The van der Waals surface area contributed by atoms with Crippen LogP contribution in [0.5, 0.6) is 5.75 Å². The standard InChI is InChI=1S/C22H26N4O.C2H6/c1-12-13(2)21-20(18-9-23-11-25-19(12)18)24-10-22(27-21)16-5-14-4-15(6-16)8-17(7-14)26(22)3;1-2/h9-11,14-17H,4-8H2,1-3H3;1-2H3. The van der Waals surface area contributed by atoms with Crippen molar-refractivity contribution in [1.29, 1.82) is 0 Å². The number of ether oxygens (including phenoxy) is 1. The van der Waals surface area contributed by atoms with E-state index in [2.05, 4.69) is 42.0 Å². The number of aliphatic imine (C=N–C) groups is 1. The van der Waals surface area contributed by atoms with Crippen LogP contribution in [0.25, 0.3) is 10.9 Å². The molecule has 7 rings (SSSR count). The van der Waals surface area contributed by atoms with Crippen molar-refractivity contribution in [2.24, 2.45) is 22.7 Å². The second-order valence-corrected chi connectivity index (χ2v) is 9.20. The molecule has 29 heavy (non-hydrogen) atoms. The lowest BCUT2D eigenvalue weighted by molar-refractivity contribution is -0.0627. The Balaban J connectivity index is 0.000000882. The fourth-order valence-electron chi connectivity index (χ4n) is 6.44. The van der Waals surface area contributed by atoms with Crippen molar-refractivity contribution in [2.45, 2.75) is 71.6 Å². The van der Waals surface area contributed by atoms with Crippen LogP contribution in [-0.4, -0.2) is 39.9 Å². The van der Waals surface area contributed by atoms with Gasteiger partial charge in [0, 0.05) is 23.5 Å². The molecule has 1 spiro atoms. The third-order valence-electron chi connectivity index (χ3n) is 7.88. The van der Waals surface area contributed by atoms with Crippen molar-refractivity contribution in [3.05, 3.63) is 23.7 Å². The van der Waals surface area contributed by atoms with Gasteiger partial charge < -0.3 is 4.74 Å². The minimum absolute atomic E-state index is 0.401. The lowest BCUT2D eigenvalue weighted by Gasteiger charge is -2.46. The zero-order chi connectivity index (χ0) is 20.3. The Morgan fingerprint density at radius 1 is 1.03 bits per heavy atom. The fourth-order valence-corrected chi connectivity index (χ4v) is 6.44. The molecule has 154 valence electrons. The Morgan fingerprint density at radius 3 is 2.48 bits per heavy atom. The summed E-state index contributed by atoms with van der Waals surface area (Å²) >= 11 is 0. The molecule has 2 aromatic rings. The Kier molecular flexibility index (Phi) is 4.43. The Morgan fingerprint density at radius 2 is 1.76 bits per heavy atom. The van der Waals surface area contributed by atoms with E-state index in [1.165, 1.54) is 37.7 Å². The van der Waals surface area contributed by atoms with E-state index in [1.54, 1.807) is 6.33 Å². The van der Waals surface area contributed by atoms with Gasteiger partial charge in [0.25, 0.3) is 0 Å². The average molecular weight is 393 g/mol. The summed E-state index contributed by atoms with van der Waals surface area (Å²) in [5.74, 6) is 3.18. The summed E-state index contributed by atoms with van der Waals surface area (Å²) in [5, 5.41) is 0.990. The van der Waals surface area contributed by atoms with Gasteiger partial charge in [-0.05, 0) is 76.0 Å². The number of aromatic nitrogens is 2. The van der Waals surface area contributed by atoms with Gasteiger partial charge in [0.2, 0.25) is 5.72 Å². The molecule has 0 amide bonds. The van der Waals surface area contributed by atoms with Gasteiger partial charge in [0.05, 0.1) is 11.7 Å². The second kappa shape index (κ2) is 6.76. The van der Waals surface area contributed by atoms with Gasteiger partial charge in [-0.1, -0.05) is 13.8 Å². The van der Waals surface area contributed by atoms with Crippen molar-refractivity contribution in [1.82, 2.24) is 14.9 Å². The molecule has 4 bridgehead atoms. The maximum absolute atomic E-state index is 6.98. The van der Waals surface area contributed by atoms with E-state index in [9.17, 15) is 0 Å². The second-order valence-electron chi connectivity index (χ2n) is 9.20. The fraction of sp³-hybridized carbons (Fsp3) is 0.625. The van der Waals surface area contributed by atoms with Crippen molar-refractivity contribution < 1.29 is 4.74 Å². The van der Waals surface area contributed by atoms with E-state index < -0.39 is 5.72 Å². The lowest BCUT2D eigenvalue weighted by Crippen LogP contribution is -2.59. The molecular formula is C24H32N4O. The highest BCUT2D eigenvalue weighted by atomic mass is 16.5. The minimum atomic E-state index is -0.401. The molecule has 3 unspecified atom stereocenters. The number of benzene rings is 1. The first-order valence-corrected chi connectivity index (χ1v) is 11.3. The monoisotopic (exact) mass is 392 g/mol. The largest absolute Gasteiger partial charge is 0.464 e. The van der Waals surface area contributed by atoms with Crippen LogP contribution in [0.1, 0.15) is 57.1 Å². The van der Waals surface area contributed by atoms with Crippen LogP contribution in [0, 0.1) is 31.6 Å². The van der Waals surface area contributed by atoms with Crippen LogP contribution in [0.4, 0.5) is 5.69 Å². The summed E-state index contributed by atoms with van der Waals surface area (Å²) in [6, 6.07) is 0.611. The van der Waals surface area contributed by atoms with E-state index >= 15 is 0 Å². The topological polar surface area (TPSA) is 50.6 Å². The maximum atomic E-state index is 6.98. The van der Waals surface area contributed by atoms with Gasteiger partial charge in [0.15, 0.2) is 5.75 Å². The Labute approximate surface area is 173 Å². The zero-order valence-electron chi connectivity index (χ0n) is 18.3. The molecule has 5 aliphatic rings.